The van der Waals surface area contributed by atoms with Gasteiger partial charge in [-0.25, -0.2) is 26.6 Å². The van der Waals surface area contributed by atoms with Gasteiger partial charge in [0, 0.05) is 18.2 Å². The van der Waals surface area contributed by atoms with E-state index in [0.29, 0.717) is 0 Å². The molecule has 1 heterocycles. The SMILES string of the molecule is O=c1cc2c(nn1CCNS(=O)(=O)Cc1cc(F)ccc1F)CCCC2. The van der Waals surface area contributed by atoms with Crippen LogP contribution in [0.15, 0.2) is 29.1 Å². The molecule has 0 bridgehead atoms. The predicted molar refractivity (Wildman–Crippen MR) is 92.1 cm³/mol. The molecule has 0 saturated heterocycles. The van der Waals surface area contributed by atoms with Crippen molar-refractivity contribution in [3.8, 4) is 0 Å². The van der Waals surface area contributed by atoms with Crippen molar-refractivity contribution in [2.24, 2.45) is 0 Å². The number of benzene rings is 1. The molecule has 3 rings (SSSR count). The van der Waals surface area contributed by atoms with Crippen molar-refractivity contribution in [3.05, 3.63) is 63.1 Å². The van der Waals surface area contributed by atoms with Crippen LogP contribution in [0, 0.1) is 11.6 Å². The van der Waals surface area contributed by atoms with Gasteiger partial charge in [-0.05, 0) is 49.4 Å². The second-order valence-corrected chi connectivity index (χ2v) is 8.08. The van der Waals surface area contributed by atoms with Crippen LogP contribution in [0.5, 0.6) is 0 Å². The zero-order chi connectivity index (χ0) is 18.7. The lowest BCUT2D eigenvalue weighted by atomic mass is 9.97. The molecule has 140 valence electrons. The van der Waals surface area contributed by atoms with Gasteiger partial charge in [-0.3, -0.25) is 4.79 Å². The topological polar surface area (TPSA) is 81.1 Å². The van der Waals surface area contributed by atoms with Crippen LogP contribution in [0.3, 0.4) is 0 Å². The number of aromatic nitrogens is 2. The highest BCUT2D eigenvalue weighted by Gasteiger charge is 2.16. The average Bonchev–Trinajstić information content (AvgIpc) is 2.58. The first kappa shape index (κ1) is 18.7. The van der Waals surface area contributed by atoms with Crippen molar-refractivity contribution in [3.63, 3.8) is 0 Å². The minimum absolute atomic E-state index is 0.0645. The molecule has 0 saturated carbocycles. The van der Waals surface area contributed by atoms with Crippen LogP contribution in [0.25, 0.3) is 0 Å². The van der Waals surface area contributed by atoms with Gasteiger partial charge in [0.1, 0.15) is 11.6 Å². The number of aryl methyl sites for hydroxylation is 2. The Labute approximate surface area is 149 Å². The van der Waals surface area contributed by atoms with E-state index in [9.17, 15) is 22.0 Å². The summed E-state index contributed by atoms with van der Waals surface area (Å²) in [6.45, 7) is 0.00192. The Hall–Kier alpha value is -2.13. The number of fused-ring (bicyclic) bond motifs is 1. The van der Waals surface area contributed by atoms with E-state index in [-0.39, 0.29) is 24.2 Å². The molecule has 1 aliphatic rings. The summed E-state index contributed by atoms with van der Waals surface area (Å²) in [6.07, 6.45) is 3.70. The lowest BCUT2D eigenvalue weighted by Crippen LogP contribution is -2.33. The highest BCUT2D eigenvalue weighted by molar-refractivity contribution is 7.88. The summed E-state index contributed by atoms with van der Waals surface area (Å²) in [5.74, 6) is -2.17. The molecule has 1 aromatic carbocycles. The molecule has 0 amide bonds. The Bertz CT molecular complexity index is 974. The molecule has 1 N–H and O–H groups in total. The summed E-state index contributed by atoms with van der Waals surface area (Å²) in [5, 5.41) is 4.30. The van der Waals surface area contributed by atoms with Crippen LogP contribution in [-0.4, -0.2) is 24.7 Å². The number of nitrogens with one attached hydrogen (secondary N) is 1. The summed E-state index contributed by atoms with van der Waals surface area (Å²) in [7, 11) is -3.87. The van der Waals surface area contributed by atoms with E-state index in [4.69, 9.17) is 0 Å². The van der Waals surface area contributed by atoms with Crippen LogP contribution < -0.4 is 10.3 Å². The zero-order valence-corrected chi connectivity index (χ0v) is 14.9. The third kappa shape index (κ3) is 4.53. The maximum absolute atomic E-state index is 13.6. The molecule has 2 aromatic rings. The molecular weight excluding hydrogens is 364 g/mol. The standard InChI is InChI=1S/C17H19F2N3O3S/c18-14-5-6-15(19)13(9-14)11-26(24,25)20-7-8-22-17(23)10-12-3-1-2-4-16(12)21-22/h5-6,9-10,20H,1-4,7-8,11H2. The van der Waals surface area contributed by atoms with Crippen LogP contribution in [-0.2, 0) is 35.2 Å². The van der Waals surface area contributed by atoms with Crippen LogP contribution >= 0.6 is 0 Å². The number of hydrogen-bond donors (Lipinski definition) is 1. The zero-order valence-electron chi connectivity index (χ0n) is 14.0. The molecule has 26 heavy (non-hydrogen) atoms. The first-order valence-corrected chi connectivity index (χ1v) is 10.0. The van der Waals surface area contributed by atoms with E-state index in [1.807, 2.05) is 0 Å². The number of halogens is 2. The quantitative estimate of drug-likeness (QED) is 0.820. The fourth-order valence-corrected chi connectivity index (χ4v) is 4.11. The van der Waals surface area contributed by atoms with Crippen molar-refractivity contribution in [1.29, 1.82) is 0 Å². The highest BCUT2D eigenvalue weighted by Crippen LogP contribution is 2.17. The Balaban J connectivity index is 1.64. The van der Waals surface area contributed by atoms with E-state index in [0.717, 1.165) is 55.1 Å². The number of rotatable bonds is 6. The lowest BCUT2D eigenvalue weighted by molar-refractivity contribution is 0.525. The molecule has 0 fully saturated rings. The van der Waals surface area contributed by atoms with Gasteiger partial charge in [0.05, 0.1) is 18.0 Å². The fourth-order valence-electron chi connectivity index (χ4n) is 2.98. The molecule has 0 spiro atoms. The number of hydrogen-bond acceptors (Lipinski definition) is 4. The summed E-state index contributed by atoms with van der Waals surface area (Å²) in [6, 6.07) is 4.21. The first-order valence-electron chi connectivity index (χ1n) is 8.35. The normalized spacial score (nSPS) is 14.2. The maximum atomic E-state index is 13.6. The summed E-state index contributed by atoms with van der Waals surface area (Å²) in [5.41, 5.74) is 1.31. The Morgan fingerprint density at radius 1 is 1.15 bits per heavy atom. The van der Waals surface area contributed by atoms with Gasteiger partial charge in [-0.1, -0.05) is 0 Å². The van der Waals surface area contributed by atoms with Gasteiger partial charge in [0.2, 0.25) is 10.0 Å². The third-order valence-electron chi connectivity index (χ3n) is 4.27. The van der Waals surface area contributed by atoms with Gasteiger partial charge >= 0.3 is 0 Å². The number of sulfonamides is 1. The van der Waals surface area contributed by atoms with Crippen molar-refractivity contribution in [1.82, 2.24) is 14.5 Å². The minimum atomic E-state index is -3.87. The average molecular weight is 383 g/mol. The van der Waals surface area contributed by atoms with Crippen molar-refractivity contribution < 1.29 is 17.2 Å². The van der Waals surface area contributed by atoms with Gasteiger partial charge in [-0.2, -0.15) is 5.10 Å². The summed E-state index contributed by atoms with van der Waals surface area (Å²) in [4.78, 5) is 12.1. The van der Waals surface area contributed by atoms with Crippen molar-refractivity contribution in [2.45, 2.75) is 38.0 Å². The monoisotopic (exact) mass is 383 g/mol. The lowest BCUT2D eigenvalue weighted by Gasteiger charge is -2.16. The fraction of sp³-hybridized carbons (Fsp3) is 0.412. The van der Waals surface area contributed by atoms with E-state index >= 15 is 0 Å². The minimum Gasteiger partial charge on any atom is -0.268 e. The van der Waals surface area contributed by atoms with Crippen LogP contribution in [0.1, 0.15) is 29.7 Å². The van der Waals surface area contributed by atoms with E-state index in [1.165, 1.54) is 4.68 Å². The smallest absolute Gasteiger partial charge is 0.267 e. The van der Waals surface area contributed by atoms with Gasteiger partial charge in [-0.15, -0.1) is 0 Å². The molecule has 0 atom stereocenters. The van der Waals surface area contributed by atoms with Crippen LogP contribution in [0.2, 0.25) is 0 Å². The summed E-state index contributed by atoms with van der Waals surface area (Å²) >= 11 is 0. The molecule has 9 heteroatoms. The molecule has 0 aliphatic heterocycles. The second-order valence-electron chi connectivity index (χ2n) is 6.27. The van der Waals surface area contributed by atoms with Crippen LogP contribution in [0.4, 0.5) is 8.78 Å². The Morgan fingerprint density at radius 3 is 2.73 bits per heavy atom. The van der Waals surface area contributed by atoms with E-state index in [2.05, 4.69) is 9.82 Å². The predicted octanol–water partition coefficient (Wildman–Crippen LogP) is 1.52. The Kier molecular flexibility index (Phi) is 5.47. The molecule has 0 radical (unpaired) electrons. The molecule has 1 aliphatic carbocycles. The van der Waals surface area contributed by atoms with E-state index in [1.54, 1.807) is 6.07 Å². The summed E-state index contributed by atoms with van der Waals surface area (Å²) < 4.78 is 54.4. The molecule has 1 aromatic heterocycles. The van der Waals surface area contributed by atoms with Gasteiger partial charge < -0.3 is 0 Å². The van der Waals surface area contributed by atoms with Crippen molar-refractivity contribution in [2.75, 3.05) is 6.54 Å². The first-order chi connectivity index (χ1) is 12.3. The second kappa shape index (κ2) is 7.63. The van der Waals surface area contributed by atoms with Gasteiger partial charge in [0.25, 0.3) is 5.56 Å². The largest absolute Gasteiger partial charge is 0.268 e. The van der Waals surface area contributed by atoms with Gasteiger partial charge in [0.15, 0.2) is 0 Å². The molecular formula is C17H19F2N3O3S. The van der Waals surface area contributed by atoms with Crippen molar-refractivity contribution >= 4 is 10.0 Å². The highest BCUT2D eigenvalue weighted by atomic mass is 32.2. The molecule has 6 nitrogen and oxygen atoms in total. The molecule has 0 unspecified atom stereocenters. The number of nitrogens with zero attached hydrogens (tertiary/aromatic N) is 2. The Morgan fingerprint density at radius 2 is 1.92 bits per heavy atom. The maximum Gasteiger partial charge on any atom is 0.267 e. The van der Waals surface area contributed by atoms with E-state index < -0.39 is 27.4 Å². The third-order valence-corrected chi connectivity index (χ3v) is 5.61.